The summed E-state index contributed by atoms with van der Waals surface area (Å²) in [6.45, 7) is 3.34. The zero-order chi connectivity index (χ0) is 24.7. The van der Waals surface area contributed by atoms with E-state index in [9.17, 15) is 29.9 Å². The van der Waals surface area contributed by atoms with E-state index in [1.54, 1.807) is 13.8 Å². The van der Waals surface area contributed by atoms with Crippen LogP contribution in [0.1, 0.15) is 37.5 Å². The number of aromatic nitrogens is 1. The molecule has 0 fully saturated rings. The summed E-state index contributed by atoms with van der Waals surface area (Å²) in [4.78, 5) is 42.9. The number of anilines is 1. The topological polar surface area (TPSA) is 158 Å². The zero-order valence-electron chi connectivity index (χ0n) is 17.8. The number of amides is 1. The van der Waals surface area contributed by atoms with Gasteiger partial charge in [0.2, 0.25) is 5.78 Å². The number of nitro groups is 1. The van der Waals surface area contributed by atoms with Gasteiger partial charge in [-0.15, -0.1) is 11.3 Å². The molecule has 10 nitrogen and oxygen atoms in total. The second kappa shape index (κ2) is 8.42. The van der Waals surface area contributed by atoms with Gasteiger partial charge in [-0.25, -0.2) is 4.98 Å². The molecule has 0 spiro atoms. The highest BCUT2D eigenvalue weighted by Crippen LogP contribution is 2.44. The molecule has 3 aromatic rings. The van der Waals surface area contributed by atoms with Gasteiger partial charge in [-0.05, 0) is 49.7 Å². The number of nitro benzene ring substituents is 1. The Morgan fingerprint density at radius 1 is 1.21 bits per heavy atom. The third kappa shape index (κ3) is 3.66. The molecule has 4 rings (SSSR count). The molecule has 1 unspecified atom stereocenters. The fourth-order valence-electron chi connectivity index (χ4n) is 3.84. The Balaban J connectivity index is 1.93. The number of Topliss-reactive ketones (excluding diaryl/α,β-unsaturated/α-hetero) is 1. The van der Waals surface area contributed by atoms with E-state index < -0.39 is 39.9 Å². The first kappa shape index (κ1) is 22.6. The third-order valence-corrected chi connectivity index (χ3v) is 6.42. The molecule has 11 heteroatoms. The molecule has 1 atom stereocenters. The maximum Gasteiger partial charge on any atom is 0.311 e. The van der Waals surface area contributed by atoms with Crippen molar-refractivity contribution in [2.75, 3.05) is 4.90 Å². The van der Waals surface area contributed by atoms with Crippen molar-refractivity contribution in [3.8, 4) is 11.8 Å². The second-order valence-corrected chi connectivity index (χ2v) is 8.68. The molecule has 34 heavy (non-hydrogen) atoms. The molecule has 2 N–H and O–H groups in total. The first-order valence-corrected chi connectivity index (χ1v) is 10.7. The first-order valence-electron chi connectivity index (χ1n) is 9.87. The van der Waals surface area contributed by atoms with Gasteiger partial charge in [0.25, 0.3) is 5.91 Å². The lowest BCUT2D eigenvalue weighted by Gasteiger charge is -2.27. The number of aliphatic hydroxyl groups is 1. The van der Waals surface area contributed by atoms with Gasteiger partial charge in [0.05, 0.1) is 43.7 Å². The first-order chi connectivity index (χ1) is 16.1. The fraction of sp³-hybridized carbons (Fsp3) is 0.130. The van der Waals surface area contributed by atoms with E-state index in [2.05, 4.69) is 4.98 Å². The van der Waals surface area contributed by atoms with Crippen LogP contribution in [-0.2, 0) is 4.79 Å². The van der Waals surface area contributed by atoms with E-state index in [4.69, 9.17) is 5.26 Å². The quantitative estimate of drug-likeness (QED) is 0.317. The monoisotopic (exact) mass is 476 g/mol. The van der Waals surface area contributed by atoms with Gasteiger partial charge in [0.1, 0.15) is 0 Å². The minimum Gasteiger partial charge on any atom is -0.503 e. The summed E-state index contributed by atoms with van der Waals surface area (Å²) >= 11 is 1.10. The highest BCUT2D eigenvalue weighted by molar-refractivity contribution is 7.14. The number of benzene rings is 2. The van der Waals surface area contributed by atoms with Crippen LogP contribution in [0, 0.1) is 35.3 Å². The predicted octanol–water partition coefficient (Wildman–Crippen LogP) is 4.03. The van der Waals surface area contributed by atoms with Crippen LogP contribution in [0.15, 0.2) is 53.8 Å². The molecule has 1 amide bonds. The van der Waals surface area contributed by atoms with Crippen molar-refractivity contribution in [1.82, 2.24) is 4.98 Å². The molecular formula is C23H16N4O6S. The normalized spacial score (nSPS) is 15.5. The van der Waals surface area contributed by atoms with Gasteiger partial charge in [-0.3, -0.25) is 24.6 Å². The molecule has 0 radical (unpaired) electrons. The van der Waals surface area contributed by atoms with Crippen molar-refractivity contribution in [1.29, 1.82) is 5.26 Å². The lowest BCUT2D eigenvalue weighted by atomic mass is 9.94. The molecule has 0 saturated heterocycles. The number of ketones is 1. The summed E-state index contributed by atoms with van der Waals surface area (Å²) in [5, 5.41) is 41.8. The minimum atomic E-state index is -1.23. The SMILES string of the molecule is Cc1nc(C)c(C(=O)C2=C(O)C(=O)N(c3ccc(C#N)cc3)C2c2ccc(O)c([N+](=O)[O-])c2)s1. The van der Waals surface area contributed by atoms with Gasteiger partial charge in [-0.1, -0.05) is 6.07 Å². The molecule has 0 aliphatic carbocycles. The highest BCUT2D eigenvalue weighted by Gasteiger charge is 2.45. The number of aliphatic hydroxyl groups excluding tert-OH is 1. The molecule has 170 valence electrons. The van der Waals surface area contributed by atoms with Crippen LogP contribution < -0.4 is 4.90 Å². The summed E-state index contributed by atoms with van der Waals surface area (Å²) in [6.07, 6.45) is 0. The average Bonchev–Trinajstić information content (AvgIpc) is 3.28. The van der Waals surface area contributed by atoms with E-state index in [1.165, 1.54) is 30.3 Å². The van der Waals surface area contributed by atoms with Gasteiger partial charge in [0.15, 0.2) is 11.5 Å². The van der Waals surface area contributed by atoms with Crippen LogP contribution in [0.4, 0.5) is 11.4 Å². The fourth-order valence-corrected chi connectivity index (χ4v) is 4.71. The molecule has 2 heterocycles. The molecule has 1 aliphatic rings. The van der Waals surface area contributed by atoms with Gasteiger partial charge < -0.3 is 10.2 Å². The molecule has 1 aliphatic heterocycles. The molecule has 0 saturated carbocycles. The molecule has 2 aromatic carbocycles. The van der Waals surface area contributed by atoms with Crippen LogP contribution in [0.25, 0.3) is 0 Å². The van der Waals surface area contributed by atoms with Crippen molar-refractivity contribution in [3.05, 3.63) is 90.6 Å². The third-order valence-electron chi connectivity index (χ3n) is 5.35. The standard InChI is InChI=1S/C23H16N4O6S/c1-11-22(34-12(2)25-11)20(29)18-19(14-5-8-17(28)16(9-14)27(32)33)26(23(31)21(18)30)15-6-3-13(10-24)4-7-15/h3-9,19,28,30H,1-2H3. The molecular weight excluding hydrogens is 460 g/mol. The van der Waals surface area contributed by atoms with Gasteiger partial charge in [0, 0.05) is 11.8 Å². The average molecular weight is 476 g/mol. The summed E-state index contributed by atoms with van der Waals surface area (Å²) in [5.41, 5.74) is 0.266. The number of aromatic hydroxyl groups is 1. The number of hydrogen-bond donors (Lipinski definition) is 2. The van der Waals surface area contributed by atoms with Crippen LogP contribution in [0.3, 0.4) is 0 Å². The van der Waals surface area contributed by atoms with E-state index in [-0.39, 0.29) is 21.7 Å². The number of phenols is 1. The number of rotatable bonds is 5. The van der Waals surface area contributed by atoms with E-state index in [1.807, 2.05) is 6.07 Å². The van der Waals surface area contributed by atoms with Crippen molar-refractivity contribution >= 4 is 34.4 Å². The van der Waals surface area contributed by atoms with Crippen molar-refractivity contribution < 1.29 is 24.7 Å². The van der Waals surface area contributed by atoms with Crippen LogP contribution in [0.5, 0.6) is 5.75 Å². The largest absolute Gasteiger partial charge is 0.503 e. The van der Waals surface area contributed by atoms with Gasteiger partial charge >= 0.3 is 5.69 Å². The Hall–Kier alpha value is -4.56. The molecule has 0 bridgehead atoms. The Bertz CT molecular complexity index is 1430. The number of carbonyl (C=O) groups excluding carboxylic acids is 2. The van der Waals surface area contributed by atoms with Crippen molar-refractivity contribution in [2.45, 2.75) is 19.9 Å². The van der Waals surface area contributed by atoms with Crippen LogP contribution in [-0.4, -0.2) is 31.8 Å². The Labute approximate surface area is 196 Å². The Morgan fingerprint density at radius 2 is 1.88 bits per heavy atom. The summed E-state index contributed by atoms with van der Waals surface area (Å²) in [6, 6.07) is 10.1. The van der Waals surface area contributed by atoms with E-state index in [0.717, 1.165) is 28.4 Å². The number of hydrogen-bond acceptors (Lipinski definition) is 9. The zero-order valence-corrected chi connectivity index (χ0v) is 18.7. The van der Waals surface area contributed by atoms with Crippen molar-refractivity contribution in [3.63, 3.8) is 0 Å². The van der Waals surface area contributed by atoms with Crippen molar-refractivity contribution in [2.24, 2.45) is 0 Å². The molecule has 1 aromatic heterocycles. The lowest BCUT2D eigenvalue weighted by molar-refractivity contribution is -0.385. The number of nitriles is 1. The van der Waals surface area contributed by atoms with Gasteiger partial charge in [-0.2, -0.15) is 5.26 Å². The predicted molar refractivity (Wildman–Crippen MR) is 122 cm³/mol. The summed E-state index contributed by atoms with van der Waals surface area (Å²) < 4.78 is 0. The Morgan fingerprint density at radius 3 is 2.44 bits per heavy atom. The van der Waals surface area contributed by atoms with E-state index >= 15 is 0 Å². The van der Waals surface area contributed by atoms with Crippen LogP contribution in [0.2, 0.25) is 0 Å². The summed E-state index contributed by atoms with van der Waals surface area (Å²) in [7, 11) is 0. The lowest BCUT2D eigenvalue weighted by Crippen LogP contribution is -2.31. The maximum atomic E-state index is 13.5. The number of carbonyl (C=O) groups is 2. The number of phenolic OH excluding ortho intramolecular Hbond substituents is 1. The summed E-state index contributed by atoms with van der Waals surface area (Å²) in [5.74, 6) is -2.89. The van der Waals surface area contributed by atoms with E-state index in [0.29, 0.717) is 16.3 Å². The number of nitrogens with zero attached hydrogens (tertiary/aromatic N) is 4. The minimum absolute atomic E-state index is 0.133. The Kier molecular flexibility index (Phi) is 5.60. The second-order valence-electron chi connectivity index (χ2n) is 7.48. The maximum absolute atomic E-state index is 13.5. The highest BCUT2D eigenvalue weighted by atomic mass is 32.1. The number of aryl methyl sites for hydroxylation is 2. The number of thiazole rings is 1. The smallest absolute Gasteiger partial charge is 0.311 e. The van der Waals surface area contributed by atoms with Crippen LogP contribution >= 0.6 is 11.3 Å².